The van der Waals surface area contributed by atoms with Gasteiger partial charge >= 0.3 is 0 Å². The summed E-state index contributed by atoms with van der Waals surface area (Å²) in [5.41, 5.74) is 7.26. The van der Waals surface area contributed by atoms with Crippen LogP contribution >= 0.6 is 11.6 Å². The van der Waals surface area contributed by atoms with E-state index < -0.39 is 0 Å². The fraction of sp³-hybridized carbons (Fsp3) is 0.600. The first-order chi connectivity index (χ1) is 8.60. The molecule has 0 radical (unpaired) electrons. The molecule has 1 aromatic rings. The highest BCUT2D eigenvalue weighted by Crippen LogP contribution is 2.43. The maximum absolute atomic E-state index is 6.30. The zero-order chi connectivity index (χ0) is 13.2. The summed E-state index contributed by atoms with van der Waals surface area (Å²) in [5, 5.41) is 0.727. The van der Waals surface area contributed by atoms with Gasteiger partial charge in [-0.15, -0.1) is 0 Å². The number of benzene rings is 1. The van der Waals surface area contributed by atoms with Crippen LogP contribution in [0, 0.1) is 0 Å². The molecule has 0 saturated heterocycles. The van der Waals surface area contributed by atoms with Gasteiger partial charge in [-0.1, -0.05) is 31.9 Å². The molecule has 0 spiro atoms. The van der Waals surface area contributed by atoms with E-state index in [1.165, 1.54) is 12.8 Å². The van der Waals surface area contributed by atoms with E-state index in [1.54, 1.807) is 0 Å². The van der Waals surface area contributed by atoms with Crippen molar-refractivity contribution in [1.82, 2.24) is 0 Å². The fourth-order valence-electron chi connectivity index (χ4n) is 2.73. The van der Waals surface area contributed by atoms with Crippen molar-refractivity contribution in [2.75, 3.05) is 0 Å². The summed E-state index contributed by atoms with van der Waals surface area (Å²) in [4.78, 5) is 0. The lowest BCUT2D eigenvalue weighted by Gasteiger charge is -2.41. The monoisotopic (exact) mass is 267 g/mol. The topological polar surface area (TPSA) is 35.2 Å². The summed E-state index contributed by atoms with van der Waals surface area (Å²) in [6.45, 7) is 4.39. The normalized spacial score (nSPS) is 26.6. The van der Waals surface area contributed by atoms with Gasteiger partial charge in [-0.3, -0.25) is 0 Å². The minimum absolute atomic E-state index is 0.0317. The minimum atomic E-state index is -0.0870. The van der Waals surface area contributed by atoms with Crippen LogP contribution in [-0.4, -0.2) is 5.60 Å². The van der Waals surface area contributed by atoms with Crippen LogP contribution in [-0.2, 0) is 0 Å². The number of fused-ring (bicyclic) bond motifs is 1. The first-order valence-electron chi connectivity index (χ1n) is 6.84. The molecular weight excluding hydrogens is 246 g/mol. The third kappa shape index (κ3) is 2.65. The van der Waals surface area contributed by atoms with Crippen molar-refractivity contribution in [1.29, 1.82) is 0 Å². The maximum Gasteiger partial charge on any atom is 0.125 e. The van der Waals surface area contributed by atoms with Gasteiger partial charge in [0.15, 0.2) is 0 Å². The number of nitrogens with two attached hydrogens (primary N) is 1. The molecule has 0 aliphatic carbocycles. The zero-order valence-electron chi connectivity index (χ0n) is 11.2. The first kappa shape index (κ1) is 13.7. The highest BCUT2D eigenvalue weighted by molar-refractivity contribution is 6.30. The van der Waals surface area contributed by atoms with Crippen LogP contribution in [0.4, 0.5) is 0 Å². The number of hydrogen-bond acceptors (Lipinski definition) is 2. The molecule has 0 fully saturated rings. The van der Waals surface area contributed by atoms with Crippen molar-refractivity contribution in [3.05, 3.63) is 28.8 Å². The summed E-state index contributed by atoms with van der Waals surface area (Å²) in [7, 11) is 0. The Morgan fingerprint density at radius 3 is 2.89 bits per heavy atom. The molecular formula is C15H22ClNO. The highest BCUT2D eigenvalue weighted by atomic mass is 35.5. The van der Waals surface area contributed by atoms with Gasteiger partial charge in [0.25, 0.3) is 0 Å². The Kier molecular flexibility index (Phi) is 4.18. The second kappa shape index (κ2) is 5.50. The summed E-state index contributed by atoms with van der Waals surface area (Å²) < 4.78 is 6.26. The van der Waals surface area contributed by atoms with Crippen LogP contribution in [0.2, 0.25) is 5.02 Å². The van der Waals surface area contributed by atoms with Crippen LogP contribution in [0.1, 0.15) is 57.6 Å². The standard InChI is InChI=1S/C15H22ClNO/c1-3-5-8-15(4-2)10-13(17)12-9-11(16)6-7-14(12)18-15/h6-7,9,13H,3-5,8,10,17H2,1-2H3. The molecule has 1 aromatic carbocycles. The summed E-state index contributed by atoms with van der Waals surface area (Å²) in [6, 6.07) is 5.79. The average molecular weight is 268 g/mol. The molecule has 0 aromatic heterocycles. The Hall–Kier alpha value is -0.730. The Morgan fingerprint density at radius 2 is 2.22 bits per heavy atom. The largest absolute Gasteiger partial charge is 0.487 e. The SMILES string of the molecule is CCCCC1(CC)CC(N)c2cc(Cl)ccc2O1. The van der Waals surface area contributed by atoms with Crippen LogP contribution < -0.4 is 10.5 Å². The zero-order valence-corrected chi connectivity index (χ0v) is 12.0. The summed E-state index contributed by atoms with van der Waals surface area (Å²) in [6.07, 6.45) is 5.34. The van der Waals surface area contributed by atoms with Crippen molar-refractivity contribution in [2.45, 2.75) is 57.6 Å². The van der Waals surface area contributed by atoms with Crippen molar-refractivity contribution < 1.29 is 4.74 Å². The Labute approximate surface area is 114 Å². The minimum Gasteiger partial charge on any atom is -0.487 e. The number of halogens is 1. The maximum atomic E-state index is 6.30. The molecule has 0 saturated carbocycles. The first-order valence-corrected chi connectivity index (χ1v) is 7.22. The third-order valence-electron chi connectivity index (χ3n) is 3.92. The lowest BCUT2D eigenvalue weighted by Crippen LogP contribution is -2.42. The molecule has 1 heterocycles. The van der Waals surface area contributed by atoms with E-state index in [4.69, 9.17) is 22.1 Å². The molecule has 3 heteroatoms. The van der Waals surface area contributed by atoms with E-state index in [-0.39, 0.29) is 11.6 Å². The van der Waals surface area contributed by atoms with Crippen LogP contribution in [0.25, 0.3) is 0 Å². The van der Waals surface area contributed by atoms with Crippen LogP contribution in [0.5, 0.6) is 5.75 Å². The summed E-state index contributed by atoms with van der Waals surface area (Å²) in [5.74, 6) is 0.913. The molecule has 18 heavy (non-hydrogen) atoms. The molecule has 0 amide bonds. The molecule has 100 valence electrons. The molecule has 2 unspecified atom stereocenters. The Balaban J connectivity index is 2.27. The smallest absolute Gasteiger partial charge is 0.125 e. The van der Waals surface area contributed by atoms with Gasteiger partial charge in [-0.2, -0.15) is 0 Å². The number of ether oxygens (including phenoxy) is 1. The van der Waals surface area contributed by atoms with E-state index in [2.05, 4.69) is 13.8 Å². The fourth-order valence-corrected chi connectivity index (χ4v) is 2.91. The number of rotatable bonds is 4. The van der Waals surface area contributed by atoms with Crippen molar-refractivity contribution in [3.8, 4) is 5.75 Å². The van der Waals surface area contributed by atoms with Crippen molar-refractivity contribution in [2.24, 2.45) is 5.73 Å². The predicted octanol–water partition coefficient (Wildman–Crippen LogP) is 4.46. The van der Waals surface area contributed by atoms with Gasteiger partial charge in [-0.25, -0.2) is 0 Å². The molecule has 2 N–H and O–H groups in total. The van der Waals surface area contributed by atoms with Gasteiger partial charge in [0, 0.05) is 23.0 Å². The van der Waals surface area contributed by atoms with Gasteiger partial charge in [0.05, 0.1) is 0 Å². The van der Waals surface area contributed by atoms with E-state index in [0.29, 0.717) is 0 Å². The van der Waals surface area contributed by atoms with Gasteiger partial charge in [-0.05, 0) is 37.5 Å². The number of unbranched alkanes of at least 4 members (excludes halogenated alkanes) is 1. The van der Waals surface area contributed by atoms with Crippen LogP contribution in [0.15, 0.2) is 18.2 Å². The second-order valence-corrected chi connectivity index (χ2v) is 5.67. The molecule has 2 atom stereocenters. The second-order valence-electron chi connectivity index (χ2n) is 5.23. The predicted molar refractivity (Wildman–Crippen MR) is 76.2 cm³/mol. The van der Waals surface area contributed by atoms with Gasteiger partial charge in [0.2, 0.25) is 0 Å². The van der Waals surface area contributed by atoms with E-state index in [0.717, 1.165) is 35.6 Å². The van der Waals surface area contributed by atoms with Gasteiger partial charge < -0.3 is 10.5 Å². The Bertz CT molecular complexity index is 421. The third-order valence-corrected chi connectivity index (χ3v) is 4.16. The average Bonchev–Trinajstić information content (AvgIpc) is 2.37. The van der Waals surface area contributed by atoms with E-state index in [1.807, 2.05) is 18.2 Å². The quantitative estimate of drug-likeness (QED) is 0.874. The lowest BCUT2D eigenvalue weighted by atomic mass is 9.82. The molecule has 0 bridgehead atoms. The molecule has 1 aliphatic rings. The summed E-state index contributed by atoms with van der Waals surface area (Å²) >= 11 is 6.02. The van der Waals surface area contributed by atoms with Crippen LogP contribution in [0.3, 0.4) is 0 Å². The molecule has 2 rings (SSSR count). The molecule has 2 nitrogen and oxygen atoms in total. The lowest BCUT2D eigenvalue weighted by molar-refractivity contribution is 0.0217. The van der Waals surface area contributed by atoms with Crippen molar-refractivity contribution in [3.63, 3.8) is 0 Å². The number of hydrogen-bond donors (Lipinski definition) is 1. The van der Waals surface area contributed by atoms with Gasteiger partial charge in [0.1, 0.15) is 11.4 Å². The highest BCUT2D eigenvalue weighted by Gasteiger charge is 2.37. The van der Waals surface area contributed by atoms with Crippen molar-refractivity contribution >= 4 is 11.6 Å². The van der Waals surface area contributed by atoms with E-state index in [9.17, 15) is 0 Å². The van der Waals surface area contributed by atoms with E-state index >= 15 is 0 Å². The Morgan fingerprint density at radius 1 is 1.44 bits per heavy atom. The molecule has 1 aliphatic heterocycles.